The van der Waals surface area contributed by atoms with Crippen LogP contribution >= 0.6 is 0 Å². The van der Waals surface area contributed by atoms with Crippen molar-refractivity contribution in [1.82, 2.24) is 0 Å². The lowest BCUT2D eigenvalue weighted by atomic mass is 9.84. The van der Waals surface area contributed by atoms with E-state index in [0.29, 0.717) is 5.92 Å². The molecule has 4 N–H and O–H groups in total. The van der Waals surface area contributed by atoms with E-state index in [1.165, 1.54) is 16.7 Å². The second kappa shape index (κ2) is 6.00. The van der Waals surface area contributed by atoms with E-state index in [0.717, 1.165) is 29.8 Å². The van der Waals surface area contributed by atoms with Crippen LogP contribution in [-0.4, -0.2) is 0 Å². The van der Waals surface area contributed by atoms with Crippen LogP contribution in [0.5, 0.6) is 0 Å². The number of rotatable bonds is 4. The molecule has 0 aromatic heterocycles. The molecule has 1 atom stereocenters. The Bertz CT molecular complexity index is 602. The van der Waals surface area contributed by atoms with Gasteiger partial charge >= 0.3 is 0 Å². The first-order valence-electron chi connectivity index (χ1n) is 7.31. The lowest BCUT2D eigenvalue weighted by Crippen LogP contribution is -2.05. The molecule has 0 fully saturated rings. The number of anilines is 2. The molecule has 2 aromatic carbocycles. The SMILES string of the molecule is CCc1cc(N)ccc1C(CC)c1ccc(N)c(C)c1. The molecule has 0 aliphatic heterocycles. The van der Waals surface area contributed by atoms with E-state index in [1.54, 1.807) is 0 Å². The van der Waals surface area contributed by atoms with Gasteiger partial charge in [0.2, 0.25) is 0 Å². The van der Waals surface area contributed by atoms with Crippen molar-refractivity contribution in [2.24, 2.45) is 0 Å². The second-order valence-electron chi connectivity index (χ2n) is 5.39. The van der Waals surface area contributed by atoms with E-state index >= 15 is 0 Å². The van der Waals surface area contributed by atoms with Gasteiger partial charge in [0.15, 0.2) is 0 Å². The van der Waals surface area contributed by atoms with E-state index in [-0.39, 0.29) is 0 Å². The number of hydrogen-bond acceptors (Lipinski definition) is 2. The van der Waals surface area contributed by atoms with Gasteiger partial charge in [0, 0.05) is 17.3 Å². The summed E-state index contributed by atoms with van der Waals surface area (Å²) in [6.07, 6.45) is 2.07. The molecule has 0 radical (unpaired) electrons. The average Bonchev–Trinajstić information content (AvgIpc) is 2.44. The van der Waals surface area contributed by atoms with Crippen LogP contribution in [0.15, 0.2) is 36.4 Å². The van der Waals surface area contributed by atoms with E-state index in [2.05, 4.69) is 45.0 Å². The summed E-state index contributed by atoms with van der Waals surface area (Å²) in [6, 6.07) is 12.6. The minimum absolute atomic E-state index is 0.407. The first-order valence-corrected chi connectivity index (χ1v) is 7.31. The van der Waals surface area contributed by atoms with Crippen LogP contribution in [0.3, 0.4) is 0 Å². The van der Waals surface area contributed by atoms with Crippen LogP contribution < -0.4 is 11.5 Å². The molecule has 0 heterocycles. The number of hydrogen-bond donors (Lipinski definition) is 2. The zero-order chi connectivity index (χ0) is 14.7. The molecule has 0 spiro atoms. The average molecular weight is 268 g/mol. The highest BCUT2D eigenvalue weighted by Crippen LogP contribution is 2.32. The smallest absolute Gasteiger partial charge is 0.0343 e. The van der Waals surface area contributed by atoms with Crippen molar-refractivity contribution in [3.05, 3.63) is 58.7 Å². The Morgan fingerprint density at radius 3 is 2.35 bits per heavy atom. The van der Waals surface area contributed by atoms with Crippen molar-refractivity contribution in [3.8, 4) is 0 Å². The van der Waals surface area contributed by atoms with Crippen LogP contribution in [0.1, 0.15) is 48.4 Å². The van der Waals surface area contributed by atoms with Crippen LogP contribution in [0.2, 0.25) is 0 Å². The van der Waals surface area contributed by atoms with Gasteiger partial charge in [-0.1, -0.05) is 32.0 Å². The standard InChI is InChI=1S/C18H24N2/c1-4-13-11-15(19)7-8-17(13)16(5-2)14-6-9-18(20)12(3)10-14/h6-11,16H,4-5,19-20H2,1-3H3. The lowest BCUT2D eigenvalue weighted by Gasteiger charge is -2.20. The van der Waals surface area contributed by atoms with Crippen molar-refractivity contribution in [2.75, 3.05) is 11.5 Å². The summed E-state index contributed by atoms with van der Waals surface area (Å²) in [6.45, 7) is 6.47. The highest BCUT2D eigenvalue weighted by atomic mass is 14.6. The fourth-order valence-corrected chi connectivity index (χ4v) is 2.82. The fourth-order valence-electron chi connectivity index (χ4n) is 2.82. The molecule has 2 aromatic rings. The number of nitrogen functional groups attached to an aromatic ring is 2. The van der Waals surface area contributed by atoms with E-state index in [9.17, 15) is 0 Å². The Morgan fingerprint density at radius 2 is 1.75 bits per heavy atom. The van der Waals surface area contributed by atoms with Crippen LogP contribution in [0, 0.1) is 6.92 Å². The molecule has 0 saturated carbocycles. The quantitative estimate of drug-likeness (QED) is 0.814. The van der Waals surface area contributed by atoms with Crippen molar-refractivity contribution in [2.45, 2.75) is 39.5 Å². The van der Waals surface area contributed by atoms with Gasteiger partial charge in [-0.3, -0.25) is 0 Å². The third-order valence-corrected chi connectivity index (χ3v) is 4.03. The summed E-state index contributed by atoms with van der Waals surface area (Å²) >= 11 is 0. The Labute approximate surface area is 121 Å². The highest BCUT2D eigenvalue weighted by molar-refractivity contribution is 5.52. The zero-order valence-electron chi connectivity index (χ0n) is 12.6. The zero-order valence-corrected chi connectivity index (χ0v) is 12.6. The summed E-state index contributed by atoms with van der Waals surface area (Å²) in [4.78, 5) is 0. The molecular formula is C18H24N2. The Balaban J connectivity index is 2.49. The van der Waals surface area contributed by atoms with Gasteiger partial charge in [-0.2, -0.15) is 0 Å². The van der Waals surface area contributed by atoms with Gasteiger partial charge in [-0.25, -0.2) is 0 Å². The summed E-state index contributed by atoms with van der Waals surface area (Å²) in [7, 11) is 0. The maximum absolute atomic E-state index is 5.93. The van der Waals surface area contributed by atoms with Gasteiger partial charge in [0.05, 0.1) is 0 Å². The third-order valence-electron chi connectivity index (χ3n) is 4.03. The molecule has 20 heavy (non-hydrogen) atoms. The number of nitrogens with two attached hydrogens (primary N) is 2. The molecule has 0 amide bonds. The molecule has 0 bridgehead atoms. The van der Waals surface area contributed by atoms with Gasteiger partial charge in [0.25, 0.3) is 0 Å². The molecular weight excluding hydrogens is 244 g/mol. The first kappa shape index (κ1) is 14.4. The van der Waals surface area contributed by atoms with Gasteiger partial charge in [-0.15, -0.1) is 0 Å². The van der Waals surface area contributed by atoms with Gasteiger partial charge < -0.3 is 11.5 Å². The molecule has 2 heteroatoms. The maximum Gasteiger partial charge on any atom is 0.0343 e. The molecule has 2 rings (SSSR count). The molecule has 2 nitrogen and oxygen atoms in total. The second-order valence-corrected chi connectivity index (χ2v) is 5.39. The summed E-state index contributed by atoms with van der Waals surface area (Å²) < 4.78 is 0. The summed E-state index contributed by atoms with van der Waals surface area (Å²) in [5.41, 5.74) is 18.7. The van der Waals surface area contributed by atoms with Crippen molar-refractivity contribution in [3.63, 3.8) is 0 Å². The lowest BCUT2D eigenvalue weighted by molar-refractivity contribution is 0.765. The molecule has 0 aliphatic rings. The third kappa shape index (κ3) is 2.79. The van der Waals surface area contributed by atoms with Gasteiger partial charge in [0.1, 0.15) is 0 Å². The van der Waals surface area contributed by atoms with Crippen LogP contribution in [0.25, 0.3) is 0 Å². The molecule has 0 aliphatic carbocycles. The Hall–Kier alpha value is -1.96. The van der Waals surface area contributed by atoms with Crippen molar-refractivity contribution < 1.29 is 0 Å². The summed E-state index contributed by atoms with van der Waals surface area (Å²) in [5, 5.41) is 0. The van der Waals surface area contributed by atoms with Crippen molar-refractivity contribution in [1.29, 1.82) is 0 Å². The normalized spacial score (nSPS) is 12.3. The predicted molar refractivity (Wildman–Crippen MR) is 88.0 cm³/mol. The van der Waals surface area contributed by atoms with Gasteiger partial charge in [-0.05, 0) is 60.2 Å². The molecule has 106 valence electrons. The van der Waals surface area contributed by atoms with E-state index in [4.69, 9.17) is 11.5 Å². The van der Waals surface area contributed by atoms with E-state index < -0.39 is 0 Å². The minimum atomic E-state index is 0.407. The monoisotopic (exact) mass is 268 g/mol. The fraction of sp³-hybridized carbons (Fsp3) is 0.333. The Morgan fingerprint density at radius 1 is 1.00 bits per heavy atom. The number of aryl methyl sites for hydroxylation is 2. The topological polar surface area (TPSA) is 52.0 Å². The largest absolute Gasteiger partial charge is 0.399 e. The Kier molecular flexibility index (Phi) is 4.33. The predicted octanol–water partition coefficient (Wildman–Crippen LogP) is 4.26. The van der Waals surface area contributed by atoms with E-state index in [1.807, 2.05) is 12.1 Å². The summed E-state index contributed by atoms with van der Waals surface area (Å²) in [5.74, 6) is 0.407. The minimum Gasteiger partial charge on any atom is -0.399 e. The van der Waals surface area contributed by atoms with Crippen LogP contribution in [-0.2, 0) is 6.42 Å². The number of benzene rings is 2. The highest BCUT2D eigenvalue weighted by Gasteiger charge is 2.16. The first-order chi connectivity index (χ1) is 9.56. The van der Waals surface area contributed by atoms with Crippen molar-refractivity contribution >= 4 is 11.4 Å². The molecule has 0 saturated heterocycles. The molecule has 1 unspecified atom stereocenters. The van der Waals surface area contributed by atoms with Crippen LogP contribution in [0.4, 0.5) is 11.4 Å². The maximum atomic E-state index is 5.93.